The van der Waals surface area contributed by atoms with Crippen molar-refractivity contribution in [1.82, 2.24) is 36.8 Å². The smallest absolute Gasteiger partial charge is 0.406 e. The third kappa shape index (κ3) is 7.55. The molecule has 0 fully saturated rings. The van der Waals surface area contributed by atoms with Crippen LogP contribution in [0.3, 0.4) is 0 Å². The first-order valence-corrected chi connectivity index (χ1v) is 10.8. The molecular formula is C19H21F4N7O3S. The number of benzene rings is 1. The van der Waals surface area contributed by atoms with E-state index in [1.807, 2.05) is 0 Å². The number of hydrogen-bond donors (Lipinski definition) is 4. The Hall–Kier alpha value is -3.46. The Bertz CT molecular complexity index is 1050. The molecule has 1 aromatic carbocycles. The number of ether oxygens (including phenoxy) is 1. The van der Waals surface area contributed by atoms with Crippen molar-refractivity contribution < 1.29 is 31.9 Å². The number of nitrogens with zero attached hydrogens (tertiary/aromatic N) is 3. The van der Waals surface area contributed by atoms with E-state index in [0.29, 0.717) is 10.6 Å². The first-order valence-electron chi connectivity index (χ1n) is 9.94. The van der Waals surface area contributed by atoms with Gasteiger partial charge in [0.2, 0.25) is 5.01 Å². The zero-order valence-corrected chi connectivity index (χ0v) is 18.6. The molecule has 3 rings (SSSR count). The molecule has 1 unspecified atom stereocenters. The maximum absolute atomic E-state index is 14.3. The molecule has 184 valence electrons. The van der Waals surface area contributed by atoms with Gasteiger partial charge in [0.05, 0.1) is 6.54 Å². The van der Waals surface area contributed by atoms with Crippen molar-refractivity contribution in [3.05, 3.63) is 51.7 Å². The quantitative estimate of drug-likeness (QED) is 0.361. The second-order valence-electron chi connectivity index (χ2n) is 7.03. The fourth-order valence-electron chi connectivity index (χ4n) is 2.84. The Kier molecular flexibility index (Phi) is 8.22. The maximum atomic E-state index is 14.3. The number of alkyl halides is 4. The number of aromatic nitrogens is 2. The maximum Gasteiger partial charge on any atom is 0.573 e. The molecule has 0 saturated carbocycles. The summed E-state index contributed by atoms with van der Waals surface area (Å²) in [5.74, 6) is -1.28. The first kappa shape index (κ1) is 25.2. The summed E-state index contributed by atoms with van der Waals surface area (Å²) in [6.07, 6.45) is -4.25. The van der Waals surface area contributed by atoms with Crippen molar-refractivity contribution in [3.8, 4) is 5.75 Å². The van der Waals surface area contributed by atoms with Crippen LogP contribution in [0.1, 0.15) is 26.8 Å². The minimum absolute atomic E-state index is 0.0171. The van der Waals surface area contributed by atoms with Gasteiger partial charge < -0.3 is 15.4 Å². The fraction of sp³-hybridized carbons (Fsp3) is 0.368. The lowest BCUT2D eigenvalue weighted by Gasteiger charge is -2.17. The van der Waals surface area contributed by atoms with Crippen molar-refractivity contribution in [2.75, 3.05) is 13.6 Å². The van der Waals surface area contributed by atoms with Gasteiger partial charge in [0, 0.05) is 26.2 Å². The highest BCUT2D eigenvalue weighted by molar-refractivity contribution is 7.13. The number of aryl methyl sites for hydroxylation is 1. The van der Waals surface area contributed by atoms with Gasteiger partial charge >= 0.3 is 6.36 Å². The third-order valence-electron chi connectivity index (χ3n) is 4.40. The molecule has 0 saturated heterocycles. The summed E-state index contributed by atoms with van der Waals surface area (Å²) < 4.78 is 55.2. The van der Waals surface area contributed by atoms with E-state index in [0.717, 1.165) is 23.5 Å². The molecule has 0 aliphatic carbocycles. The van der Waals surface area contributed by atoms with Crippen LogP contribution in [0.4, 0.5) is 17.6 Å². The zero-order valence-electron chi connectivity index (χ0n) is 17.8. The Morgan fingerprint density at radius 3 is 2.79 bits per heavy atom. The number of likely N-dealkylation sites (N-methyl/N-ethyl adjacent to an activating group) is 1. The highest BCUT2D eigenvalue weighted by atomic mass is 32.1. The molecule has 2 amide bonds. The predicted octanol–water partition coefficient (Wildman–Crippen LogP) is 1.55. The van der Waals surface area contributed by atoms with Crippen molar-refractivity contribution in [2.24, 2.45) is 0 Å². The zero-order chi connectivity index (χ0) is 24.7. The number of halogens is 4. The van der Waals surface area contributed by atoms with Gasteiger partial charge in [-0.1, -0.05) is 23.5 Å². The Morgan fingerprint density at radius 1 is 1.26 bits per heavy atom. The van der Waals surface area contributed by atoms with Crippen LogP contribution < -0.4 is 26.3 Å². The summed E-state index contributed by atoms with van der Waals surface area (Å²) in [5, 5.41) is 14.6. The number of hydrogen-bond acceptors (Lipinski definition) is 9. The van der Waals surface area contributed by atoms with Crippen molar-refractivity contribution in [1.29, 1.82) is 0 Å². The summed E-state index contributed by atoms with van der Waals surface area (Å²) in [6, 6.07) is 5.23. The lowest BCUT2D eigenvalue weighted by atomic mass is 10.2. The van der Waals surface area contributed by atoms with Crippen LogP contribution in [0, 0.1) is 0 Å². The first-order chi connectivity index (χ1) is 16.1. The predicted molar refractivity (Wildman–Crippen MR) is 113 cm³/mol. The van der Waals surface area contributed by atoms with Gasteiger partial charge in [0.25, 0.3) is 11.8 Å². The lowest BCUT2D eigenvalue weighted by molar-refractivity contribution is -0.274. The van der Waals surface area contributed by atoms with Crippen LogP contribution in [0.2, 0.25) is 0 Å². The molecule has 0 spiro atoms. The topological polar surface area (TPSA) is 121 Å². The van der Waals surface area contributed by atoms with Crippen LogP contribution in [-0.4, -0.2) is 53.1 Å². The van der Waals surface area contributed by atoms with E-state index in [-0.39, 0.29) is 42.5 Å². The summed E-state index contributed by atoms with van der Waals surface area (Å²) in [5.41, 5.74) is 5.95. The van der Waals surface area contributed by atoms with E-state index in [1.165, 1.54) is 30.4 Å². The number of carbonyl (C=O) groups excluding carboxylic acids is 2. The lowest BCUT2D eigenvalue weighted by Crippen LogP contribution is -2.41. The van der Waals surface area contributed by atoms with Crippen molar-refractivity contribution in [3.63, 3.8) is 0 Å². The molecule has 1 aliphatic heterocycles. The molecule has 4 N–H and O–H groups in total. The highest BCUT2D eigenvalue weighted by Gasteiger charge is 2.31. The fourth-order valence-corrected chi connectivity index (χ4v) is 3.61. The van der Waals surface area contributed by atoms with Crippen molar-refractivity contribution >= 4 is 23.2 Å². The standard InChI is InChI=1S/C19H21F4N7O3S/c1-24-16(31)14-10-30(29-26-14)9-12(20)5-6-15-27-28-18(34-15)17(32)25-8-11-3-2-4-13(7-11)33-19(21,22)23/h2-4,7,10,12,26,29H,5-6,8-9H2,1H3,(H,24,31)(H,25,32). The average molecular weight is 503 g/mol. The molecule has 1 aliphatic rings. The second kappa shape index (κ2) is 11.1. The third-order valence-corrected chi connectivity index (χ3v) is 5.39. The van der Waals surface area contributed by atoms with E-state index in [1.54, 1.807) is 0 Å². The van der Waals surface area contributed by atoms with Crippen LogP contribution in [0.15, 0.2) is 36.2 Å². The summed E-state index contributed by atoms with van der Waals surface area (Å²) >= 11 is 0.998. The number of nitrogens with one attached hydrogen (secondary N) is 4. The molecule has 1 atom stereocenters. The largest absolute Gasteiger partial charge is 0.573 e. The molecule has 2 aromatic rings. The van der Waals surface area contributed by atoms with Crippen LogP contribution >= 0.6 is 11.3 Å². The SMILES string of the molecule is CNC(=O)C1=CN(CC(F)CCc2nnc(C(=O)NCc3cccc(OC(F)(F)F)c3)s2)NN1. The molecule has 2 heterocycles. The van der Waals surface area contributed by atoms with Gasteiger partial charge in [-0.05, 0) is 24.1 Å². The van der Waals surface area contributed by atoms with E-state index in [9.17, 15) is 27.2 Å². The van der Waals surface area contributed by atoms with Gasteiger partial charge in [0.15, 0.2) is 0 Å². The molecule has 34 heavy (non-hydrogen) atoms. The van der Waals surface area contributed by atoms with Crippen molar-refractivity contribution in [2.45, 2.75) is 31.9 Å². The van der Waals surface area contributed by atoms with Gasteiger partial charge in [-0.3, -0.25) is 20.0 Å². The van der Waals surface area contributed by atoms with E-state index in [2.05, 4.69) is 36.5 Å². The number of amides is 2. The molecule has 1 aromatic heterocycles. The molecule has 10 nitrogen and oxygen atoms in total. The van der Waals surface area contributed by atoms with E-state index >= 15 is 0 Å². The minimum Gasteiger partial charge on any atom is -0.406 e. The van der Waals surface area contributed by atoms with Crippen LogP contribution in [0.25, 0.3) is 0 Å². The van der Waals surface area contributed by atoms with Crippen LogP contribution in [-0.2, 0) is 17.8 Å². The Labute approximate surface area is 195 Å². The molecule has 0 bridgehead atoms. The molecule has 0 radical (unpaired) electrons. The second-order valence-corrected chi connectivity index (χ2v) is 8.09. The normalized spacial score (nSPS) is 14.3. The van der Waals surface area contributed by atoms with Gasteiger partial charge in [-0.15, -0.1) is 28.9 Å². The summed E-state index contributed by atoms with van der Waals surface area (Å²) in [4.78, 5) is 23.8. The Morgan fingerprint density at radius 2 is 2.06 bits per heavy atom. The highest BCUT2D eigenvalue weighted by Crippen LogP contribution is 2.23. The minimum atomic E-state index is -4.81. The van der Waals surface area contributed by atoms with Crippen LogP contribution in [0.5, 0.6) is 5.75 Å². The summed E-state index contributed by atoms with van der Waals surface area (Å²) in [7, 11) is 1.48. The van der Waals surface area contributed by atoms with E-state index in [4.69, 9.17) is 0 Å². The molecule has 15 heteroatoms. The Balaban J connectivity index is 1.44. The van der Waals surface area contributed by atoms with Gasteiger partial charge in [-0.2, -0.15) is 0 Å². The van der Waals surface area contributed by atoms with Gasteiger partial charge in [-0.25, -0.2) is 4.39 Å². The average Bonchev–Trinajstić information content (AvgIpc) is 3.44. The monoisotopic (exact) mass is 503 g/mol. The van der Waals surface area contributed by atoms with Gasteiger partial charge in [0.1, 0.15) is 22.6 Å². The van der Waals surface area contributed by atoms with E-state index < -0.39 is 24.2 Å². The summed E-state index contributed by atoms with van der Waals surface area (Å²) in [6.45, 7) is -0.0610. The molecular weight excluding hydrogens is 482 g/mol. The number of hydrazine groups is 2. The number of rotatable bonds is 10. The number of carbonyl (C=O) groups is 2.